The summed E-state index contributed by atoms with van der Waals surface area (Å²) in [5.74, 6) is -2.71. The molecule has 100 valence electrons. The Bertz CT molecular complexity index is 254. The highest BCUT2D eigenvalue weighted by molar-refractivity contribution is 5.83. The van der Waals surface area contributed by atoms with Crippen molar-refractivity contribution in [1.29, 1.82) is 0 Å². The van der Waals surface area contributed by atoms with Crippen molar-refractivity contribution in [3.05, 3.63) is 0 Å². The molecule has 0 bridgehead atoms. The van der Waals surface area contributed by atoms with Crippen molar-refractivity contribution in [2.45, 2.75) is 59.3 Å². The van der Waals surface area contributed by atoms with Crippen molar-refractivity contribution < 1.29 is 19.8 Å². The highest BCUT2D eigenvalue weighted by Crippen LogP contribution is 2.41. The Morgan fingerprint density at radius 3 is 1.71 bits per heavy atom. The van der Waals surface area contributed by atoms with Crippen LogP contribution in [-0.4, -0.2) is 22.2 Å². The van der Waals surface area contributed by atoms with E-state index in [1.54, 1.807) is 0 Å². The average molecular weight is 244 g/mol. The molecule has 2 N–H and O–H groups in total. The van der Waals surface area contributed by atoms with E-state index < -0.39 is 23.3 Å². The van der Waals surface area contributed by atoms with Gasteiger partial charge in [0, 0.05) is 0 Å². The standard InChI is InChI=1S/C13H24O4/c1-4-7-10(11(14)15)13(8-5-2,9-6-3)12(16)17/h10H,4-9H2,1-3H3,(H,14,15)(H,16,17). The zero-order chi connectivity index (χ0) is 13.5. The maximum absolute atomic E-state index is 11.6. The Balaban J connectivity index is 5.32. The van der Waals surface area contributed by atoms with Crippen molar-refractivity contribution >= 4 is 11.9 Å². The summed E-state index contributed by atoms with van der Waals surface area (Å²) < 4.78 is 0. The lowest BCUT2D eigenvalue weighted by Gasteiger charge is -2.34. The van der Waals surface area contributed by atoms with Crippen LogP contribution in [0.3, 0.4) is 0 Å². The molecule has 4 nitrogen and oxygen atoms in total. The Hall–Kier alpha value is -1.06. The van der Waals surface area contributed by atoms with Gasteiger partial charge in [0.15, 0.2) is 0 Å². The third-order valence-electron chi connectivity index (χ3n) is 3.36. The molecule has 0 fully saturated rings. The fraction of sp³-hybridized carbons (Fsp3) is 0.846. The molecular weight excluding hydrogens is 220 g/mol. The number of rotatable bonds is 9. The maximum Gasteiger partial charge on any atom is 0.310 e. The predicted octanol–water partition coefficient (Wildman–Crippen LogP) is 3.16. The van der Waals surface area contributed by atoms with Crippen LogP contribution in [0, 0.1) is 11.3 Å². The van der Waals surface area contributed by atoms with E-state index >= 15 is 0 Å². The molecule has 4 heteroatoms. The van der Waals surface area contributed by atoms with Crippen molar-refractivity contribution in [3.8, 4) is 0 Å². The van der Waals surface area contributed by atoms with Crippen molar-refractivity contribution in [2.75, 3.05) is 0 Å². The first-order valence-corrected chi connectivity index (χ1v) is 6.42. The largest absolute Gasteiger partial charge is 0.481 e. The molecule has 0 aliphatic carbocycles. The summed E-state index contributed by atoms with van der Waals surface area (Å²) in [6.07, 6.45) is 3.39. The van der Waals surface area contributed by atoms with Crippen LogP contribution in [-0.2, 0) is 9.59 Å². The number of hydrogen-bond donors (Lipinski definition) is 2. The minimum atomic E-state index is -1.09. The summed E-state index contributed by atoms with van der Waals surface area (Å²) >= 11 is 0. The number of hydrogen-bond acceptors (Lipinski definition) is 2. The lowest BCUT2D eigenvalue weighted by molar-refractivity contribution is -0.164. The molecule has 0 aliphatic heterocycles. The molecule has 0 spiro atoms. The van der Waals surface area contributed by atoms with E-state index in [4.69, 9.17) is 0 Å². The normalized spacial score (nSPS) is 13.4. The summed E-state index contributed by atoms with van der Waals surface area (Å²) in [5.41, 5.74) is -1.09. The van der Waals surface area contributed by atoms with Gasteiger partial charge < -0.3 is 10.2 Å². The second-order valence-electron chi connectivity index (χ2n) is 4.64. The summed E-state index contributed by atoms with van der Waals surface area (Å²) in [7, 11) is 0. The van der Waals surface area contributed by atoms with Crippen molar-refractivity contribution in [3.63, 3.8) is 0 Å². The maximum atomic E-state index is 11.6. The van der Waals surface area contributed by atoms with E-state index in [0.29, 0.717) is 38.5 Å². The lowest BCUT2D eigenvalue weighted by Crippen LogP contribution is -2.42. The lowest BCUT2D eigenvalue weighted by atomic mass is 9.67. The molecule has 0 radical (unpaired) electrons. The van der Waals surface area contributed by atoms with E-state index in [9.17, 15) is 19.8 Å². The van der Waals surface area contributed by atoms with Crippen molar-refractivity contribution in [2.24, 2.45) is 11.3 Å². The topological polar surface area (TPSA) is 74.6 Å². The van der Waals surface area contributed by atoms with E-state index in [1.165, 1.54) is 0 Å². The fourth-order valence-electron chi connectivity index (χ4n) is 2.65. The molecule has 1 unspecified atom stereocenters. The second-order valence-corrected chi connectivity index (χ2v) is 4.64. The first-order chi connectivity index (χ1) is 7.96. The van der Waals surface area contributed by atoms with Gasteiger partial charge in [0.1, 0.15) is 0 Å². The van der Waals surface area contributed by atoms with Crippen LogP contribution in [0.2, 0.25) is 0 Å². The molecule has 0 aromatic rings. The number of carbonyl (C=O) groups is 2. The van der Waals surface area contributed by atoms with Gasteiger partial charge in [0.05, 0.1) is 11.3 Å². The average Bonchev–Trinajstić information content (AvgIpc) is 2.24. The summed E-state index contributed by atoms with van der Waals surface area (Å²) in [6.45, 7) is 5.69. The molecule has 17 heavy (non-hydrogen) atoms. The van der Waals surface area contributed by atoms with Crippen LogP contribution in [0.25, 0.3) is 0 Å². The fourth-order valence-corrected chi connectivity index (χ4v) is 2.65. The van der Waals surface area contributed by atoms with Crippen LogP contribution in [0.5, 0.6) is 0 Å². The van der Waals surface area contributed by atoms with Crippen LogP contribution < -0.4 is 0 Å². The van der Waals surface area contributed by atoms with Crippen molar-refractivity contribution in [1.82, 2.24) is 0 Å². The number of carboxylic acids is 2. The Labute approximate surface area is 103 Å². The van der Waals surface area contributed by atoms with Crippen LogP contribution in [0.4, 0.5) is 0 Å². The van der Waals surface area contributed by atoms with Gasteiger partial charge >= 0.3 is 11.9 Å². The molecule has 0 saturated carbocycles. The highest BCUT2D eigenvalue weighted by atomic mass is 16.4. The third kappa shape index (κ3) is 3.72. The second kappa shape index (κ2) is 7.30. The monoisotopic (exact) mass is 244 g/mol. The molecular formula is C13H24O4. The van der Waals surface area contributed by atoms with Crippen LogP contribution in [0.1, 0.15) is 59.3 Å². The van der Waals surface area contributed by atoms with Crippen LogP contribution in [0.15, 0.2) is 0 Å². The number of carboxylic acid groups (broad SMARTS) is 2. The van der Waals surface area contributed by atoms with Gasteiger partial charge in [0.25, 0.3) is 0 Å². The first-order valence-electron chi connectivity index (χ1n) is 6.42. The van der Waals surface area contributed by atoms with Gasteiger partial charge in [-0.05, 0) is 19.3 Å². The van der Waals surface area contributed by atoms with Gasteiger partial charge in [-0.15, -0.1) is 0 Å². The minimum Gasteiger partial charge on any atom is -0.481 e. The Morgan fingerprint density at radius 2 is 1.47 bits per heavy atom. The molecule has 0 heterocycles. The summed E-state index contributed by atoms with van der Waals surface area (Å²) in [4.78, 5) is 22.9. The van der Waals surface area contributed by atoms with Gasteiger partial charge in [0.2, 0.25) is 0 Å². The van der Waals surface area contributed by atoms with E-state index in [2.05, 4.69) is 0 Å². The molecule has 0 aromatic carbocycles. The Kier molecular flexibility index (Phi) is 6.85. The SMILES string of the molecule is CCCC(C(=O)O)C(CCC)(CCC)C(=O)O. The first kappa shape index (κ1) is 15.9. The summed E-state index contributed by atoms with van der Waals surface area (Å²) in [6, 6.07) is 0. The van der Waals surface area contributed by atoms with E-state index in [-0.39, 0.29) is 0 Å². The van der Waals surface area contributed by atoms with Gasteiger partial charge in [-0.2, -0.15) is 0 Å². The smallest absolute Gasteiger partial charge is 0.310 e. The van der Waals surface area contributed by atoms with Gasteiger partial charge in [-0.1, -0.05) is 40.0 Å². The molecule has 0 rings (SSSR count). The number of aliphatic carboxylic acids is 2. The zero-order valence-electron chi connectivity index (χ0n) is 11.0. The van der Waals surface area contributed by atoms with Gasteiger partial charge in [-0.25, -0.2) is 0 Å². The molecule has 0 amide bonds. The summed E-state index contributed by atoms with van der Waals surface area (Å²) in [5, 5.41) is 18.7. The predicted molar refractivity (Wildman–Crippen MR) is 65.9 cm³/mol. The third-order valence-corrected chi connectivity index (χ3v) is 3.36. The molecule has 0 aromatic heterocycles. The Morgan fingerprint density at radius 1 is 1.00 bits per heavy atom. The minimum absolute atomic E-state index is 0.432. The van der Waals surface area contributed by atoms with Crippen LogP contribution >= 0.6 is 0 Å². The van der Waals surface area contributed by atoms with Gasteiger partial charge in [-0.3, -0.25) is 9.59 Å². The highest BCUT2D eigenvalue weighted by Gasteiger charge is 2.47. The van der Waals surface area contributed by atoms with E-state index in [0.717, 1.165) is 0 Å². The molecule has 0 saturated heterocycles. The molecule has 0 aliphatic rings. The zero-order valence-corrected chi connectivity index (χ0v) is 11.0. The van der Waals surface area contributed by atoms with E-state index in [1.807, 2.05) is 20.8 Å². The molecule has 1 atom stereocenters. The quantitative estimate of drug-likeness (QED) is 0.653.